The summed E-state index contributed by atoms with van der Waals surface area (Å²) in [6, 6.07) is 8.39. The van der Waals surface area contributed by atoms with Crippen molar-refractivity contribution >= 4 is 0 Å². The summed E-state index contributed by atoms with van der Waals surface area (Å²) in [6.07, 6.45) is 2.53. The molecular weight excluding hydrogens is 506 g/mol. The Kier molecular flexibility index (Phi) is 7.82. The topological polar surface area (TPSA) is 21.8 Å². The Bertz CT molecular complexity index is 1330. The van der Waals surface area contributed by atoms with Gasteiger partial charge in [0.1, 0.15) is 6.10 Å². The number of ether oxygens (including phenoxy) is 2. The van der Waals surface area contributed by atoms with Crippen LogP contribution in [0.3, 0.4) is 0 Å². The molecule has 38 heavy (non-hydrogen) atoms. The van der Waals surface area contributed by atoms with Gasteiger partial charge in [0, 0.05) is 22.3 Å². The Balaban J connectivity index is 1.23. The monoisotopic (exact) mass is 534 g/mol. The third kappa shape index (κ3) is 5.21. The van der Waals surface area contributed by atoms with E-state index >= 15 is 8.78 Å². The summed E-state index contributed by atoms with van der Waals surface area (Å²) in [7, 11) is 0. The normalized spacial score (nSPS) is 21.1. The van der Waals surface area contributed by atoms with Gasteiger partial charge in [-0.1, -0.05) is 49.7 Å². The van der Waals surface area contributed by atoms with Crippen molar-refractivity contribution in [3.8, 4) is 11.1 Å². The first-order chi connectivity index (χ1) is 18.3. The zero-order valence-corrected chi connectivity index (χ0v) is 20.9. The summed E-state index contributed by atoms with van der Waals surface area (Å²) in [5.41, 5.74) is 0.0274. The summed E-state index contributed by atoms with van der Waals surface area (Å²) in [6.45, 7) is 2.11. The van der Waals surface area contributed by atoms with E-state index in [2.05, 4.69) is 0 Å². The summed E-state index contributed by atoms with van der Waals surface area (Å²) in [4.78, 5) is 0. The lowest BCUT2D eigenvalue weighted by atomic mass is 9.82. The van der Waals surface area contributed by atoms with Crippen LogP contribution in [-0.4, -0.2) is 12.7 Å². The van der Waals surface area contributed by atoms with Crippen LogP contribution in [-0.2, 0) is 22.5 Å². The summed E-state index contributed by atoms with van der Waals surface area (Å²) < 4.78 is 98.6. The Morgan fingerprint density at radius 1 is 0.684 bits per heavy atom. The van der Waals surface area contributed by atoms with Gasteiger partial charge in [-0.3, -0.25) is 0 Å². The molecule has 5 rings (SSSR count). The molecule has 0 amide bonds. The molecule has 2 nitrogen and oxygen atoms in total. The van der Waals surface area contributed by atoms with E-state index in [4.69, 9.17) is 9.47 Å². The van der Waals surface area contributed by atoms with Gasteiger partial charge in [-0.15, -0.1) is 0 Å². The second-order valence-corrected chi connectivity index (χ2v) is 10.0. The van der Waals surface area contributed by atoms with Crippen LogP contribution < -0.4 is 0 Å². The Morgan fingerprint density at radius 2 is 1.24 bits per heavy atom. The zero-order valence-electron chi connectivity index (χ0n) is 20.9. The number of aryl methyl sites for hydroxylation is 1. The fraction of sp³-hybridized carbons (Fsp3) is 0.400. The minimum Gasteiger partial charge on any atom is -0.373 e. The standard InChI is InChI=1S/C30H28F6O2/c1-2-3-17-4-5-18(26(32)25(17)31)14-37-19-8-6-16(7-9-19)20-10-11-21(28(34)27(20)33)22-12-13-23(24-15-38-24)30(36)29(22)35/h4-5,10-13,16,19,24H,2-3,6-9,14-15H2,1H3. The first kappa shape index (κ1) is 26.8. The number of benzene rings is 3. The number of epoxide rings is 1. The third-order valence-corrected chi connectivity index (χ3v) is 7.54. The third-order valence-electron chi connectivity index (χ3n) is 7.54. The van der Waals surface area contributed by atoms with Gasteiger partial charge in [0.15, 0.2) is 34.9 Å². The van der Waals surface area contributed by atoms with Crippen LogP contribution in [0.5, 0.6) is 0 Å². The van der Waals surface area contributed by atoms with Crippen molar-refractivity contribution in [3.63, 3.8) is 0 Å². The van der Waals surface area contributed by atoms with Crippen LogP contribution in [0.15, 0.2) is 36.4 Å². The molecule has 1 heterocycles. The molecule has 1 saturated heterocycles. The van der Waals surface area contributed by atoms with Crippen LogP contribution in [0.2, 0.25) is 0 Å². The molecular formula is C30H28F6O2. The van der Waals surface area contributed by atoms with E-state index in [9.17, 15) is 17.6 Å². The molecule has 1 atom stereocenters. The summed E-state index contributed by atoms with van der Waals surface area (Å²) >= 11 is 0. The molecule has 3 aromatic carbocycles. The molecule has 1 unspecified atom stereocenters. The second-order valence-electron chi connectivity index (χ2n) is 10.0. The van der Waals surface area contributed by atoms with Crippen LogP contribution in [0, 0.1) is 34.9 Å². The molecule has 0 bridgehead atoms. The first-order valence-corrected chi connectivity index (χ1v) is 12.9. The molecule has 0 spiro atoms. The van der Waals surface area contributed by atoms with Gasteiger partial charge in [0.05, 0.1) is 19.3 Å². The maximum absolute atomic E-state index is 15.1. The Labute approximate surface area is 217 Å². The predicted molar refractivity (Wildman–Crippen MR) is 131 cm³/mol. The van der Waals surface area contributed by atoms with Crippen LogP contribution in [0.4, 0.5) is 26.3 Å². The average molecular weight is 535 g/mol. The molecule has 0 N–H and O–H groups in total. The fourth-order valence-electron chi connectivity index (χ4n) is 5.29. The summed E-state index contributed by atoms with van der Waals surface area (Å²) in [5, 5.41) is 0. The van der Waals surface area contributed by atoms with E-state index in [0.29, 0.717) is 50.7 Å². The van der Waals surface area contributed by atoms with Crippen molar-refractivity contribution in [1.82, 2.24) is 0 Å². The number of halogens is 6. The fourth-order valence-corrected chi connectivity index (χ4v) is 5.29. The molecule has 3 aromatic rings. The Morgan fingerprint density at radius 3 is 1.84 bits per heavy atom. The molecule has 1 saturated carbocycles. The molecule has 1 aliphatic carbocycles. The van der Waals surface area contributed by atoms with Gasteiger partial charge >= 0.3 is 0 Å². The highest BCUT2D eigenvalue weighted by Gasteiger charge is 2.32. The minimum atomic E-state index is -1.24. The number of rotatable bonds is 8. The average Bonchev–Trinajstić information content (AvgIpc) is 3.76. The molecule has 2 aliphatic rings. The smallest absolute Gasteiger partial charge is 0.167 e. The van der Waals surface area contributed by atoms with Gasteiger partial charge in [-0.2, -0.15) is 0 Å². The first-order valence-electron chi connectivity index (χ1n) is 12.9. The van der Waals surface area contributed by atoms with Crippen molar-refractivity contribution in [3.05, 3.63) is 93.6 Å². The maximum Gasteiger partial charge on any atom is 0.167 e. The van der Waals surface area contributed by atoms with Gasteiger partial charge in [-0.25, -0.2) is 26.3 Å². The molecule has 2 fully saturated rings. The number of hydrogen-bond donors (Lipinski definition) is 0. The maximum atomic E-state index is 15.1. The van der Waals surface area contributed by atoms with Crippen molar-refractivity contribution in [2.45, 2.75) is 70.2 Å². The summed E-state index contributed by atoms with van der Waals surface area (Å²) in [5.74, 6) is -6.67. The van der Waals surface area contributed by atoms with Crippen LogP contribution >= 0.6 is 0 Å². The highest BCUT2D eigenvalue weighted by atomic mass is 19.2. The van der Waals surface area contributed by atoms with E-state index in [1.807, 2.05) is 6.92 Å². The molecule has 0 aromatic heterocycles. The minimum absolute atomic E-state index is 0.0594. The molecule has 1 aliphatic heterocycles. The lowest BCUT2D eigenvalue weighted by Gasteiger charge is -2.29. The highest BCUT2D eigenvalue weighted by Crippen LogP contribution is 2.40. The van der Waals surface area contributed by atoms with Gasteiger partial charge in [0.2, 0.25) is 0 Å². The van der Waals surface area contributed by atoms with E-state index in [-0.39, 0.29) is 46.4 Å². The largest absolute Gasteiger partial charge is 0.373 e. The quantitative estimate of drug-likeness (QED) is 0.214. The van der Waals surface area contributed by atoms with Gasteiger partial charge in [0.25, 0.3) is 0 Å². The van der Waals surface area contributed by atoms with Crippen LogP contribution in [0.25, 0.3) is 11.1 Å². The van der Waals surface area contributed by atoms with Crippen molar-refractivity contribution in [2.75, 3.05) is 6.61 Å². The van der Waals surface area contributed by atoms with Crippen molar-refractivity contribution < 1.29 is 35.8 Å². The molecule has 0 radical (unpaired) electrons. The van der Waals surface area contributed by atoms with E-state index in [1.54, 1.807) is 6.07 Å². The van der Waals surface area contributed by atoms with Gasteiger partial charge < -0.3 is 9.47 Å². The Hall–Kier alpha value is -2.84. The lowest BCUT2D eigenvalue weighted by molar-refractivity contribution is 0.0116. The van der Waals surface area contributed by atoms with Crippen molar-refractivity contribution in [1.29, 1.82) is 0 Å². The van der Waals surface area contributed by atoms with Crippen LogP contribution in [0.1, 0.15) is 73.3 Å². The van der Waals surface area contributed by atoms with E-state index < -0.39 is 41.0 Å². The predicted octanol–water partition coefficient (Wildman–Crippen LogP) is 8.46. The number of hydrogen-bond acceptors (Lipinski definition) is 2. The lowest BCUT2D eigenvalue weighted by Crippen LogP contribution is -2.22. The van der Waals surface area contributed by atoms with Gasteiger partial charge in [-0.05, 0) is 49.1 Å². The second kappa shape index (κ2) is 11.1. The molecule has 8 heteroatoms. The van der Waals surface area contributed by atoms with Crippen molar-refractivity contribution in [2.24, 2.45) is 0 Å². The van der Waals surface area contributed by atoms with E-state index in [1.165, 1.54) is 30.3 Å². The highest BCUT2D eigenvalue weighted by molar-refractivity contribution is 5.66. The SMILES string of the molecule is CCCc1ccc(COC2CCC(c3ccc(-c4ccc(C5CO5)c(F)c4F)c(F)c3F)CC2)c(F)c1F. The van der Waals surface area contributed by atoms with E-state index in [0.717, 1.165) is 0 Å². The molecule has 202 valence electrons. The zero-order chi connectivity index (χ0) is 27.0.